The molecule has 1 aliphatic rings. The van der Waals surface area contributed by atoms with Crippen LogP contribution in [-0.4, -0.2) is 0 Å². The molecule has 0 bridgehead atoms. The fraction of sp³-hybridized carbons (Fsp3) is 0.389. The Hall–Kier alpha value is 0.194. The Labute approximate surface area is 143 Å². The minimum atomic E-state index is 0. The van der Waals surface area contributed by atoms with Gasteiger partial charge in [-0.2, -0.15) is 47.6 Å². The van der Waals surface area contributed by atoms with Crippen LogP contribution in [0.2, 0.25) is 0 Å². The van der Waals surface area contributed by atoms with E-state index in [2.05, 4.69) is 12.2 Å². The summed E-state index contributed by atoms with van der Waals surface area (Å²) in [5.74, 6) is 0. The number of hydrogen-bond donors (Lipinski definition) is 0. The average Bonchev–Trinajstić information content (AvgIpc) is 2.63. The first kappa shape index (κ1) is 50.7. The minimum absolute atomic E-state index is 0. The third kappa shape index (κ3) is 177. The van der Waals surface area contributed by atoms with Crippen LogP contribution in [0.4, 0.5) is 0 Å². The van der Waals surface area contributed by atoms with Crippen molar-refractivity contribution < 1.29 is 21.7 Å². The van der Waals surface area contributed by atoms with Crippen molar-refractivity contribution in [2.45, 2.75) is 48.0 Å². The van der Waals surface area contributed by atoms with Gasteiger partial charge < -0.3 is 49.0 Å². The summed E-state index contributed by atoms with van der Waals surface area (Å²) in [4.78, 5) is 0. The number of allylic oxidation sites excluding steroid dienone is 4. The van der Waals surface area contributed by atoms with Crippen molar-refractivity contribution in [3.8, 4) is 0 Å². The zero-order valence-corrected chi connectivity index (χ0v) is 16.7. The molecule has 0 atom stereocenters. The summed E-state index contributed by atoms with van der Waals surface area (Å²) in [6, 6.07) is 0. The second-order valence-corrected chi connectivity index (χ2v) is 2.74. The molecule has 0 aromatic heterocycles. The fourth-order valence-electron chi connectivity index (χ4n) is 0.340. The summed E-state index contributed by atoms with van der Waals surface area (Å²) in [6.07, 6.45) is 16.0. The Kier molecular flexibility index (Phi) is 214. The second-order valence-electron chi connectivity index (χ2n) is 2.74. The Morgan fingerprint density at radius 1 is 0.737 bits per heavy atom. The monoisotopic (exact) mass is 302 g/mol. The van der Waals surface area contributed by atoms with E-state index >= 15 is 0 Å². The molecule has 0 aromatic carbocycles. The molecule has 0 saturated heterocycles. The molecule has 1 heteroatoms. The van der Waals surface area contributed by atoms with Gasteiger partial charge in [-0.1, -0.05) is 0 Å². The van der Waals surface area contributed by atoms with E-state index in [0.29, 0.717) is 0 Å². The Balaban J connectivity index is -0.0000000134. The number of hydrogen-bond acceptors (Lipinski definition) is 0. The van der Waals surface area contributed by atoms with Gasteiger partial charge in [-0.25, -0.2) is 12.2 Å². The molecule has 0 aliphatic heterocycles. The van der Waals surface area contributed by atoms with Crippen LogP contribution in [0.25, 0.3) is 0 Å². The molecule has 0 radical (unpaired) electrons. The first-order chi connectivity index (χ1) is 6.74. The summed E-state index contributed by atoms with van der Waals surface area (Å²) >= 11 is 0. The number of rotatable bonds is 0. The second kappa shape index (κ2) is 80.1. The van der Waals surface area contributed by atoms with E-state index in [-0.39, 0.29) is 51.4 Å². The van der Waals surface area contributed by atoms with Crippen molar-refractivity contribution in [3.63, 3.8) is 0 Å². The molecule has 0 saturated carbocycles. The zero-order valence-electron chi connectivity index (χ0n) is 15.2. The molecular weight excluding hydrogens is 264 g/mol. The summed E-state index contributed by atoms with van der Waals surface area (Å²) in [7, 11) is 0. The first-order valence-corrected chi connectivity index (χ1v) is 5.18. The van der Waals surface area contributed by atoms with E-state index in [9.17, 15) is 0 Å². The van der Waals surface area contributed by atoms with Crippen LogP contribution in [-0.2, 0) is 21.7 Å². The summed E-state index contributed by atoms with van der Waals surface area (Å²) < 4.78 is 0. The maximum atomic E-state index is 2.99. The molecule has 0 unspecified atom stereocenters. The van der Waals surface area contributed by atoms with E-state index in [0.717, 1.165) is 6.42 Å². The van der Waals surface area contributed by atoms with Gasteiger partial charge in [0.25, 0.3) is 0 Å². The van der Waals surface area contributed by atoms with Crippen molar-refractivity contribution in [3.05, 3.63) is 73.3 Å². The van der Waals surface area contributed by atoms with Crippen LogP contribution in [0.5, 0.6) is 0 Å². The van der Waals surface area contributed by atoms with Crippen LogP contribution in [0.3, 0.4) is 0 Å². The quantitative estimate of drug-likeness (QED) is 0.341. The van der Waals surface area contributed by atoms with E-state index in [1.54, 1.807) is 0 Å². The van der Waals surface area contributed by atoms with Crippen LogP contribution < -0.4 is 0 Å². The topological polar surface area (TPSA) is 0 Å². The van der Waals surface area contributed by atoms with Crippen LogP contribution >= 0.6 is 0 Å². The molecule has 1 rings (SSSR count). The van der Waals surface area contributed by atoms with Crippen LogP contribution in [0.15, 0.2) is 18.2 Å². The Bertz CT molecular complexity index is 89.5. The molecule has 122 valence electrons. The third-order valence-electron chi connectivity index (χ3n) is 0.586. The predicted molar refractivity (Wildman–Crippen MR) is 94.2 cm³/mol. The van der Waals surface area contributed by atoms with Crippen molar-refractivity contribution in [1.82, 2.24) is 0 Å². The van der Waals surface area contributed by atoms with Gasteiger partial charge in [-0.3, -0.25) is 6.08 Å². The molecule has 0 fully saturated rings. The molecule has 0 nitrogen and oxygen atoms in total. The Morgan fingerprint density at radius 2 is 1.00 bits per heavy atom. The van der Waals surface area contributed by atoms with Gasteiger partial charge in [0.05, 0.1) is 0 Å². The normalized spacial score (nSPS) is 7.47. The van der Waals surface area contributed by atoms with Gasteiger partial charge in [0.1, 0.15) is 0 Å². The van der Waals surface area contributed by atoms with Gasteiger partial charge in [-0.05, 0) is 0 Å². The first-order valence-electron chi connectivity index (χ1n) is 5.18. The summed E-state index contributed by atoms with van der Waals surface area (Å²) in [6.45, 7) is 12.0. The maximum absolute atomic E-state index is 2.99. The standard InChI is InChI=1S/C5H5.3C3H7.4CH3.Ti/c1-2-4-5-3-1;3*1-3-2;;;;;/h1-3H,4H2;3*3H,1-2H3;4*1H3;/q8*-1;. The Morgan fingerprint density at radius 3 is 1.05 bits per heavy atom. The van der Waals surface area contributed by atoms with E-state index in [4.69, 9.17) is 0 Å². The minimum Gasteiger partial charge on any atom is -0.358 e. The van der Waals surface area contributed by atoms with Gasteiger partial charge in [0, 0.05) is 21.7 Å². The molecule has 0 amide bonds. The van der Waals surface area contributed by atoms with E-state index < -0.39 is 0 Å². The summed E-state index contributed by atoms with van der Waals surface area (Å²) in [5.41, 5.74) is 0. The van der Waals surface area contributed by atoms with Crippen molar-refractivity contribution >= 4 is 0 Å². The fourth-order valence-corrected chi connectivity index (χ4v) is 0.340. The average molecular weight is 302 g/mol. The van der Waals surface area contributed by atoms with Crippen molar-refractivity contribution in [2.75, 3.05) is 0 Å². The van der Waals surface area contributed by atoms with E-state index in [1.807, 2.05) is 73.0 Å². The molecule has 1 aliphatic carbocycles. The molecule has 0 heterocycles. The van der Waals surface area contributed by atoms with Crippen molar-refractivity contribution in [2.24, 2.45) is 0 Å². The molecule has 0 spiro atoms. The predicted octanol–water partition coefficient (Wildman–Crippen LogP) is 6.80. The van der Waals surface area contributed by atoms with Crippen LogP contribution in [0, 0.1) is 55.0 Å². The van der Waals surface area contributed by atoms with Gasteiger partial charge in [0.2, 0.25) is 0 Å². The SMILES string of the molecule is C[CH-]C.C[CH-]C.C[CH-]C.[C-]1=CC=CC1.[CH3-].[CH3-].[CH3-].[CH3-].[Ti]. The molecule has 0 aromatic rings. The molecular formula is C18H38Ti-8. The maximum Gasteiger partial charge on any atom is 0 e. The molecule has 19 heavy (non-hydrogen) atoms. The smallest absolute Gasteiger partial charge is 0 e. The van der Waals surface area contributed by atoms with Gasteiger partial charge >= 0.3 is 0 Å². The van der Waals surface area contributed by atoms with Crippen LogP contribution in [0.1, 0.15) is 48.0 Å². The zero-order chi connectivity index (χ0) is 11.7. The third-order valence-corrected chi connectivity index (χ3v) is 0.586. The van der Waals surface area contributed by atoms with Gasteiger partial charge in [0.15, 0.2) is 0 Å². The van der Waals surface area contributed by atoms with E-state index in [1.165, 1.54) is 0 Å². The van der Waals surface area contributed by atoms with Gasteiger partial charge in [-0.15, -0.1) is 6.42 Å². The van der Waals surface area contributed by atoms with Crippen molar-refractivity contribution in [1.29, 1.82) is 0 Å². The largest absolute Gasteiger partial charge is 0.358 e. The molecule has 0 N–H and O–H groups in total. The summed E-state index contributed by atoms with van der Waals surface area (Å²) in [5, 5.41) is 0.